The number of hydrogen-bond acceptors (Lipinski definition) is 7. The number of carbonyl (C=O) groups is 2. The van der Waals surface area contributed by atoms with Gasteiger partial charge in [-0.05, 0) is 48.0 Å². The Labute approximate surface area is 188 Å². The summed E-state index contributed by atoms with van der Waals surface area (Å²) in [6, 6.07) is 17.5. The van der Waals surface area contributed by atoms with E-state index < -0.39 is 11.8 Å². The molecule has 1 aliphatic rings. The zero-order valence-electron chi connectivity index (χ0n) is 17.2. The zero-order valence-corrected chi connectivity index (χ0v) is 17.2. The molecule has 0 spiro atoms. The molecule has 33 heavy (non-hydrogen) atoms. The van der Waals surface area contributed by atoms with Crippen molar-refractivity contribution in [1.82, 2.24) is 10.7 Å². The summed E-state index contributed by atoms with van der Waals surface area (Å²) in [7, 11) is 0. The summed E-state index contributed by atoms with van der Waals surface area (Å²) < 4.78 is 10.7. The van der Waals surface area contributed by atoms with E-state index in [1.807, 2.05) is 0 Å². The van der Waals surface area contributed by atoms with Gasteiger partial charge in [0.2, 0.25) is 6.79 Å². The van der Waals surface area contributed by atoms with Crippen LogP contribution in [0.2, 0.25) is 0 Å². The molecule has 3 aromatic carbocycles. The first-order chi connectivity index (χ1) is 16.0. The van der Waals surface area contributed by atoms with Gasteiger partial charge in [-0.2, -0.15) is 5.10 Å². The van der Waals surface area contributed by atoms with Gasteiger partial charge in [-0.3, -0.25) is 9.59 Å². The first-order valence-electron chi connectivity index (χ1n) is 9.83. The number of aromatic hydroxyl groups is 2. The molecule has 0 fully saturated rings. The average Bonchev–Trinajstić information content (AvgIpc) is 3.28. The van der Waals surface area contributed by atoms with Crippen LogP contribution < -0.4 is 20.2 Å². The van der Waals surface area contributed by atoms with E-state index in [4.69, 9.17) is 9.47 Å². The highest BCUT2D eigenvalue weighted by Crippen LogP contribution is 2.33. The number of rotatable bonds is 6. The van der Waals surface area contributed by atoms with Gasteiger partial charge in [0, 0.05) is 17.2 Å². The number of benzene rings is 3. The first-order valence-corrected chi connectivity index (χ1v) is 9.83. The van der Waals surface area contributed by atoms with Gasteiger partial charge in [-0.15, -0.1) is 0 Å². The molecule has 0 saturated heterocycles. The molecular weight excluding hydrogens is 426 g/mol. The van der Waals surface area contributed by atoms with Crippen molar-refractivity contribution in [2.75, 3.05) is 6.79 Å². The Bertz CT molecular complexity index is 1250. The second-order valence-electron chi connectivity index (χ2n) is 6.93. The maximum absolute atomic E-state index is 12.8. The number of hydrazone groups is 1. The highest BCUT2D eigenvalue weighted by molar-refractivity contribution is 6.05. The van der Waals surface area contributed by atoms with E-state index in [0.717, 1.165) is 6.07 Å². The summed E-state index contributed by atoms with van der Waals surface area (Å²) >= 11 is 0. The molecule has 4 rings (SSSR count). The number of carbonyl (C=O) groups excluding carboxylic acids is 2. The highest BCUT2D eigenvalue weighted by atomic mass is 16.7. The first kappa shape index (κ1) is 21.4. The molecule has 166 valence electrons. The number of phenols is 2. The number of nitrogens with zero attached hydrogens (tertiary/aromatic N) is 1. The minimum absolute atomic E-state index is 0.0604. The fraction of sp³-hybridized carbons (Fsp3) is 0.0417. The average molecular weight is 445 g/mol. The number of fused-ring (bicyclic) bond motifs is 1. The lowest BCUT2D eigenvalue weighted by Gasteiger charge is -2.09. The SMILES string of the molecule is O=C(N/N=C/c1ccc(O)cc1O)C(=Cc1ccc2c(c1)OCO2)NC(=O)c1ccccc1. The van der Waals surface area contributed by atoms with Crippen LogP contribution in [0.4, 0.5) is 0 Å². The van der Waals surface area contributed by atoms with Gasteiger partial charge in [0.1, 0.15) is 17.2 Å². The van der Waals surface area contributed by atoms with Crippen molar-refractivity contribution in [3.63, 3.8) is 0 Å². The summed E-state index contributed by atoms with van der Waals surface area (Å²) in [5, 5.41) is 25.6. The molecule has 0 radical (unpaired) electrons. The molecule has 0 aromatic heterocycles. The van der Waals surface area contributed by atoms with Gasteiger partial charge in [-0.25, -0.2) is 5.43 Å². The fourth-order valence-corrected chi connectivity index (χ4v) is 2.97. The van der Waals surface area contributed by atoms with Crippen molar-refractivity contribution in [2.24, 2.45) is 5.10 Å². The molecule has 0 aliphatic carbocycles. The summed E-state index contributed by atoms with van der Waals surface area (Å²) in [5.74, 6) is -0.361. The molecule has 3 aromatic rings. The van der Waals surface area contributed by atoms with E-state index in [-0.39, 0.29) is 29.6 Å². The predicted molar refractivity (Wildman–Crippen MR) is 120 cm³/mol. The van der Waals surface area contributed by atoms with Crippen molar-refractivity contribution < 1.29 is 29.3 Å². The summed E-state index contributed by atoms with van der Waals surface area (Å²) in [6.45, 7) is 0.111. The quantitative estimate of drug-likeness (QED) is 0.262. The topological polar surface area (TPSA) is 129 Å². The molecule has 1 aliphatic heterocycles. The van der Waals surface area contributed by atoms with Crippen molar-refractivity contribution in [3.8, 4) is 23.0 Å². The van der Waals surface area contributed by atoms with Crippen molar-refractivity contribution >= 4 is 24.1 Å². The largest absolute Gasteiger partial charge is 0.508 e. The lowest BCUT2D eigenvalue weighted by atomic mass is 10.1. The predicted octanol–water partition coefficient (Wildman–Crippen LogP) is 2.75. The number of hydrogen-bond donors (Lipinski definition) is 4. The smallest absolute Gasteiger partial charge is 0.287 e. The van der Waals surface area contributed by atoms with Gasteiger partial charge in [-0.1, -0.05) is 24.3 Å². The third kappa shape index (κ3) is 5.28. The molecule has 0 saturated carbocycles. The van der Waals surface area contributed by atoms with Crippen molar-refractivity contribution in [3.05, 3.63) is 89.1 Å². The third-order valence-corrected chi connectivity index (χ3v) is 4.62. The number of nitrogens with one attached hydrogen (secondary N) is 2. The van der Waals surface area contributed by atoms with Gasteiger partial charge in [0.05, 0.1) is 6.21 Å². The van der Waals surface area contributed by atoms with Crippen LogP contribution in [0, 0.1) is 0 Å². The van der Waals surface area contributed by atoms with Crippen molar-refractivity contribution in [1.29, 1.82) is 0 Å². The maximum Gasteiger partial charge on any atom is 0.287 e. The van der Waals surface area contributed by atoms with E-state index in [1.165, 1.54) is 24.4 Å². The maximum atomic E-state index is 12.8. The van der Waals surface area contributed by atoms with Gasteiger partial charge in [0.25, 0.3) is 11.8 Å². The van der Waals surface area contributed by atoms with Crippen molar-refractivity contribution in [2.45, 2.75) is 0 Å². The molecule has 0 bridgehead atoms. The standard InChI is InChI=1S/C24H19N3O6/c28-18-8-7-17(20(29)12-18)13-25-27-24(31)19(26-23(30)16-4-2-1-3-5-16)10-15-6-9-21-22(11-15)33-14-32-21/h1-13,28-29H,14H2,(H,26,30)(H,27,31)/b19-10?,25-13+. The van der Waals surface area contributed by atoms with E-state index in [2.05, 4.69) is 15.8 Å². The minimum atomic E-state index is -0.688. The number of phenolic OH excluding ortho intramolecular Hbond substituents is 2. The van der Waals surface area contributed by atoms with Gasteiger partial charge in [0.15, 0.2) is 11.5 Å². The van der Waals surface area contributed by atoms with E-state index in [1.54, 1.807) is 48.5 Å². The third-order valence-electron chi connectivity index (χ3n) is 4.62. The summed E-state index contributed by atoms with van der Waals surface area (Å²) in [6.07, 6.45) is 2.69. The highest BCUT2D eigenvalue weighted by Gasteiger charge is 2.17. The second-order valence-corrected chi connectivity index (χ2v) is 6.93. The van der Waals surface area contributed by atoms with E-state index in [9.17, 15) is 19.8 Å². The van der Waals surface area contributed by atoms with Crippen LogP contribution in [-0.2, 0) is 4.79 Å². The van der Waals surface area contributed by atoms with E-state index >= 15 is 0 Å². The monoisotopic (exact) mass is 445 g/mol. The Kier molecular flexibility index (Phi) is 6.21. The molecule has 0 atom stereocenters. The second kappa shape index (κ2) is 9.56. The van der Waals surface area contributed by atoms with E-state index in [0.29, 0.717) is 22.6 Å². The Morgan fingerprint density at radius 1 is 0.939 bits per heavy atom. The lowest BCUT2D eigenvalue weighted by molar-refractivity contribution is -0.117. The Hall–Kier alpha value is -4.79. The molecular formula is C24H19N3O6. The number of ether oxygens (including phenoxy) is 2. The molecule has 1 heterocycles. The van der Waals surface area contributed by atoms with Crippen LogP contribution in [0.25, 0.3) is 6.08 Å². The van der Waals surface area contributed by atoms with Crippen LogP contribution in [0.1, 0.15) is 21.5 Å². The fourth-order valence-electron chi connectivity index (χ4n) is 2.97. The summed E-state index contributed by atoms with van der Waals surface area (Å²) in [5.41, 5.74) is 3.51. The Balaban J connectivity index is 1.56. The van der Waals surface area contributed by atoms with Crippen LogP contribution >= 0.6 is 0 Å². The molecule has 9 nitrogen and oxygen atoms in total. The van der Waals surface area contributed by atoms with Crippen LogP contribution in [0.5, 0.6) is 23.0 Å². The normalized spacial score (nSPS) is 12.5. The number of amides is 2. The molecule has 2 amide bonds. The molecule has 9 heteroatoms. The Morgan fingerprint density at radius 2 is 1.73 bits per heavy atom. The van der Waals surface area contributed by atoms with Crippen LogP contribution in [-0.4, -0.2) is 35.0 Å². The van der Waals surface area contributed by atoms with Gasteiger partial charge < -0.3 is 25.0 Å². The summed E-state index contributed by atoms with van der Waals surface area (Å²) in [4.78, 5) is 25.4. The minimum Gasteiger partial charge on any atom is -0.508 e. The van der Waals surface area contributed by atoms with Gasteiger partial charge >= 0.3 is 0 Å². The Morgan fingerprint density at radius 3 is 2.52 bits per heavy atom. The van der Waals surface area contributed by atoms with Crippen LogP contribution in [0.15, 0.2) is 77.5 Å². The lowest BCUT2D eigenvalue weighted by Crippen LogP contribution is -2.32. The molecule has 0 unspecified atom stereocenters. The zero-order chi connectivity index (χ0) is 23.2. The molecule has 4 N–H and O–H groups in total. The van der Waals surface area contributed by atoms with Crippen LogP contribution in [0.3, 0.4) is 0 Å².